The maximum absolute atomic E-state index is 14.2. The molecule has 6 nitrogen and oxygen atoms in total. The van der Waals surface area contributed by atoms with E-state index in [1.807, 2.05) is 31.9 Å². The lowest BCUT2D eigenvalue weighted by atomic mass is 9.87. The Labute approximate surface area is 273 Å². The van der Waals surface area contributed by atoms with Crippen molar-refractivity contribution < 1.29 is 27.1 Å². The number of hydrogen-bond acceptors (Lipinski definition) is 5. The first-order valence-corrected chi connectivity index (χ1v) is 16.0. The Kier molecular flexibility index (Phi) is 15.9. The molecule has 2 aromatic carbocycles. The van der Waals surface area contributed by atoms with Crippen LogP contribution in [0.4, 0.5) is 8.78 Å². The highest BCUT2D eigenvalue weighted by atomic mass is 35.5. The van der Waals surface area contributed by atoms with Crippen LogP contribution in [0.15, 0.2) is 53.4 Å². The van der Waals surface area contributed by atoms with Gasteiger partial charge in [-0.2, -0.15) is 0 Å². The standard InChI is InChI=1S/C31H42F2N2O4S.3ClH/c1-21(2)30(31(36)37)34(3)27-18-24(29(19-27)23-5-4-6-26(33)17-23)20-35-14-11-22(12-15-35)13-16-40(38,39)28-9-7-25(32)8-10-28;;;/h4-10,17,21-22,24,27,29-30H,11-16,18-20H2,1-3H3,(H,36,37);3*1H/t24?,27?,29?,30-;;;/m1.../s1. The monoisotopic (exact) mass is 684 g/mol. The molecule has 0 aromatic heterocycles. The molecule has 43 heavy (non-hydrogen) atoms. The highest BCUT2D eigenvalue weighted by Gasteiger charge is 2.41. The van der Waals surface area contributed by atoms with Gasteiger partial charge in [0.05, 0.1) is 10.6 Å². The molecule has 1 N–H and O–H groups in total. The molecule has 0 bridgehead atoms. The van der Waals surface area contributed by atoms with Gasteiger partial charge >= 0.3 is 5.97 Å². The lowest BCUT2D eigenvalue weighted by molar-refractivity contribution is -0.145. The number of sulfone groups is 1. The summed E-state index contributed by atoms with van der Waals surface area (Å²) in [6.07, 6.45) is 4.05. The Hall–Kier alpha value is -1.49. The molecule has 1 aliphatic carbocycles. The average molecular weight is 686 g/mol. The summed E-state index contributed by atoms with van der Waals surface area (Å²) < 4.78 is 52.7. The van der Waals surface area contributed by atoms with E-state index in [9.17, 15) is 27.1 Å². The minimum Gasteiger partial charge on any atom is -0.480 e. The number of aliphatic carboxylic acids is 1. The van der Waals surface area contributed by atoms with Crippen LogP contribution in [0, 0.1) is 29.4 Å². The Bertz CT molecular complexity index is 1260. The molecule has 1 saturated carbocycles. The van der Waals surface area contributed by atoms with Gasteiger partial charge in [0.15, 0.2) is 9.84 Å². The Morgan fingerprint density at radius 3 is 2.19 bits per heavy atom. The largest absolute Gasteiger partial charge is 0.480 e. The van der Waals surface area contributed by atoms with Crippen molar-refractivity contribution in [1.29, 1.82) is 0 Å². The van der Waals surface area contributed by atoms with Crippen LogP contribution in [0.5, 0.6) is 0 Å². The molecule has 2 aliphatic rings. The van der Waals surface area contributed by atoms with Gasteiger partial charge in [0.25, 0.3) is 0 Å². The number of hydrogen-bond donors (Lipinski definition) is 1. The Balaban J connectivity index is 0.00000308. The molecule has 12 heteroatoms. The third-order valence-corrected chi connectivity index (χ3v) is 10.8. The molecule has 1 saturated heterocycles. The molecule has 4 atom stereocenters. The van der Waals surface area contributed by atoms with E-state index in [1.165, 1.54) is 30.3 Å². The second-order valence-electron chi connectivity index (χ2n) is 12.0. The first-order valence-electron chi connectivity index (χ1n) is 14.4. The summed E-state index contributed by atoms with van der Waals surface area (Å²) in [6, 6.07) is 11.3. The van der Waals surface area contributed by atoms with E-state index in [-0.39, 0.29) is 77.5 Å². The number of benzene rings is 2. The van der Waals surface area contributed by atoms with Gasteiger partial charge in [-0.3, -0.25) is 9.69 Å². The molecule has 1 heterocycles. The smallest absolute Gasteiger partial charge is 0.321 e. The second kappa shape index (κ2) is 17.3. The minimum absolute atomic E-state index is 0. The van der Waals surface area contributed by atoms with Crippen molar-refractivity contribution in [2.45, 2.75) is 68.8 Å². The van der Waals surface area contributed by atoms with Gasteiger partial charge in [0, 0.05) is 12.6 Å². The van der Waals surface area contributed by atoms with Crippen LogP contribution in [0.25, 0.3) is 0 Å². The molecule has 0 amide bonds. The van der Waals surface area contributed by atoms with Crippen molar-refractivity contribution in [1.82, 2.24) is 9.80 Å². The van der Waals surface area contributed by atoms with Gasteiger partial charge < -0.3 is 10.0 Å². The summed E-state index contributed by atoms with van der Waals surface area (Å²) in [6.45, 7) is 6.46. The third-order valence-electron chi connectivity index (χ3n) is 9.01. The van der Waals surface area contributed by atoms with Crippen LogP contribution < -0.4 is 0 Å². The van der Waals surface area contributed by atoms with Crippen molar-refractivity contribution >= 4 is 53.0 Å². The fourth-order valence-corrected chi connectivity index (χ4v) is 8.23. The van der Waals surface area contributed by atoms with E-state index >= 15 is 0 Å². The number of carboxylic acid groups (broad SMARTS) is 1. The fraction of sp³-hybridized carbons (Fsp3) is 0.581. The first-order chi connectivity index (χ1) is 18.9. The quantitative estimate of drug-likeness (QED) is 0.265. The van der Waals surface area contributed by atoms with Crippen molar-refractivity contribution in [2.75, 3.05) is 32.4 Å². The van der Waals surface area contributed by atoms with Crippen molar-refractivity contribution in [2.24, 2.45) is 17.8 Å². The number of carboxylic acids is 1. The molecule has 1 aliphatic heterocycles. The van der Waals surface area contributed by atoms with E-state index < -0.39 is 27.7 Å². The van der Waals surface area contributed by atoms with Gasteiger partial charge in [-0.05, 0) is 118 Å². The topological polar surface area (TPSA) is 77.9 Å². The van der Waals surface area contributed by atoms with Crippen molar-refractivity contribution in [3.05, 3.63) is 65.7 Å². The number of nitrogens with zero attached hydrogens (tertiary/aromatic N) is 2. The van der Waals surface area contributed by atoms with Gasteiger partial charge in [-0.1, -0.05) is 26.0 Å². The third kappa shape index (κ3) is 10.3. The fourth-order valence-electron chi connectivity index (χ4n) is 6.80. The zero-order valence-electron chi connectivity index (χ0n) is 24.9. The summed E-state index contributed by atoms with van der Waals surface area (Å²) in [5, 5.41) is 9.86. The van der Waals surface area contributed by atoms with Crippen LogP contribution in [0.2, 0.25) is 0 Å². The number of likely N-dealkylation sites (N-methyl/N-ethyl adjacent to an activating group) is 1. The normalized spacial score (nSPS) is 22.0. The van der Waals surface area contributed by atoms with Crippen LogP contribution in [-0.4, -0.2) is 73.8 Å². The Morgan fingerprint density at radius 1 is 1.00 bits per heavy atom. The molecule has 2 fully saturated rings. The summed E-state index contributed by atoms with van der Waals surface area (Å²) in [5.74, 6) is -0.762. The molecule has 4 rings (SSSR count). The van der Waals surface area contributed by atoms with Gasteiger partial charge in [0.2, 0.25) is 0 Å². The summed E-state index contributed by atoms with van der Waals surface area (Å²) in [7, 11) is -1.54. The second-order valence-corrected chi connectivity index (χ2v) is 14.2. The van der Waals surface area contributed by atoms with E-state index in [0.717, 1.165) is 50.9 Å². The van der Waals surface area contributed by atoms with E-state index in [0.29, 0.717) is 12.3 Å². The van der Waals surface area contributed by atoms with E-state index in [2.05, 4.69) is 4.90 Å². The van der Waals surface area contributed by atoms with Gasteiger partial charge in [-0.15, -0.1) is 37.2 Å². The molecule has 2 aromatic rings. The molecule has 0 spiro atoms. The molecular formula is C31H45Cl3F2N2O4S. The summed E-state index contributed by atoms with van der Waals surface area (Å²) in [4.78, 5) is 16.6. The van der Waals surface area contributed by atoms with Gasteiger partial charge in [-0.25, -0.2) is 17.2 Å². The van der Waals surface area contributed by atoms with Crippen molar-refractivity contribution in [3.63, 3.8) is 0 Å². The average Bonchev–Trinajstić information content (AvgIpc) is 3.32. The lowest BCUT2D eigenvalue weighted by Gasteiger charge is -2.35. The highest BCUT2D eigenvalue weighted by molar-refractivity contribution is 7.91. The highest BCUT2D eigenvalue weighted by Crippen LogP contribution is 2.43. The van der Waals surface area contributed by atoms with Crippen LogP contribution in [0.1, 0.15) is 57.4 Å². The van der Waals surface area contributed by atoms with Crippen LogP contribution in [0.3, 0.4) is 0 Å². The van der Waals surface area contributed by atoms with Crippen LogP contribution in [-0.2, 0) is 14.6 Å². The first kappa shape index (κ1) is 39.5. The molecular weight excluding hydrogens is 641 g/mol. The Morgan fingerprint density at radius 2 is 1.63 bits per heavy atom. The number of piperidine rings is 1. The lowest BCUT2D eigenvalue weighted by Crippen LogP contribution is -2.47. The van der Waals surface area contributed by atoms with Crippen molar-refractivity contribution in [3.8, 4) is 0 Å². The molecule has 0 radical (unpaired) electrons. The number of halogens is 5. The summed E-state index contributed by atoms with van der Waals surface area (Å²) in [5.41, 5.74) is 0.971. The van der Waals surface area contributed by atoms with Gasteiger partial charge in [0.1, 0.15) is 17.7 Å². The van der Waals surface area contributed by atoms with E-state index in [1.54, 1.807) is 12.1 Å². The number of likely N-dealkylation sites (tertiary alicyclic amines) is 1. The number of carbonyl (C=O) groups is 1. The molecule has 244 valence electrons. The maximum atomic E-state index is 14.2. The van der Waals surface area contributed by atoms with Crippen LogP contribution >= 0.6 is 37.2 Å². The minimum atomic E-state index is -3.44. The zero-order valence-corrected chi connectivity index (χ0v) is 28.2. The molecule has 3 unspecified atom stereocenters. The zero-order chi connectivity index (χ0) is 29.0. The summed E-state index contributed by atoms with van der Waals surface area (Å²) >= 11 is 0. The predicted molar refractivity (Wildman–Crippen MR) is 174 cm³/mol. The number of rotatable bonds is 11. The van der Waals surface area contributed by atoms with E-state index in [4.69, 9.17) is 0 Å². The maximum Gasteiger partial charge on any atom is 0.321 e. The SMILES string of the molecule is CC(C)[C@H](C(=O)O)N(C)C1CC(CN2CCC(CCS(=O)(=O)c3ccc(F)cc3)CC2)C(c2cccc(F)c2)C1.Cl.Cl.Cl. The predicted octanol–water partition coefficient (Wildman–Crippen LogP) is 6.71.